The lowest BCUT2D eigenvalue weighted by atomic mass is 10.1. The number of aryl methyl sites for hydroxylation is 1. The average molecular weight is 452 g/mol. The summed E-state index contributed by atoms with van der Waals surface area (Å²) in [5.74, 6) is 1.69. The molecule has 1 saturated heterocycles. The van der Waals surface area contributed by atoms with Crippen LogP contribution in [0.5, 0.6) is 11.5 Å². The number of amides is 1. The second-order valence-electron chi connectivity index (χ2n) is 7.67. The van der Waals surface area contributed by atoms with E-state index in [1.165, 1.54) is 16.0 Å². The molecule has 0 bridgehead atoms. The molecule has 1 amide bonds. The first-order chi connectivity index (χ1) is 14.4. The number of thiophene rings is 1. The molecule has 1 aliphatic rings. The van der Waals surface area contributed by atoms with Crippen molar-refractivity contribution >= 4 is 28.8 Å². The van der Waals surface area contributed by atoms with E-state index in [0.29, 0.717) is 6.54 Å². The molecule has 1 fully saturated rings. The number of nitrogens with zero attached hydrogens (tertiary/aromatic N) is 3. The molecule has 2 heterocycles. The summed E-state index contributed by atoms with van der Waals surface area (Å²) < 4.78 is 11.6. The summed E-state index contributed by atoms with van der Waals surface area (Å²) >= 11 is 7.55. The number of carbonyl (C=O) groups excluding carboxylic acids is 1. The highest BCUT2D eigenvalue weighted by Gasteiger charge is 2.23. The molecular formula is C22H30ClN3O3S. The van der Waals surface area contributed by atoms with E-state index < -0.39 is 0 Å². The minimum absolute atomic E-state index is 0.183. The highest BCUT2D eigenvalue weighted by atomic mass is 35.5. The molecule has 0 radical (unpaired) electrons. The molecule has 0 atom stereocenters. The quantitative estimate of drug-likeness (QED) is 0.614. The highest BCUT2D eigenvalue weighted by Crippen LogP contribution is 2.31. The van der Waals surface area contributed by atoms with Gasteiger partial charge in [0.25, 0.3) is 0 Å². The molecule has 0 aliphatic carbocycles. The van der Waals surface area contributed by atoms with Crippen molar-refractivity contribution in [3.8, 4) is 11.5 Å². The molecule has 8 heteroatoms. The van der Waals surface area contributed by atoms with Crippen LogP contribution in [0.15, 0.2) is 24.3 Å². The van der Waals surface area contributed by atoms with Crippen LogP contribution in [-0.2, 0) is 17.9 Å². The summed E-state index contributed by atoms with van der Waals surface area (Å²) in [7, 11) is 5.28. The van der Waals surface area contributed by atoms with E-state index in [2.05, 4.69) is 17.9 Å². The number of piperazine rings is 1. The largest absolute Gasteiger partial charge is 0.493 e. The number of halogens is 1. The number of likely N-dealkylation sites (N-methyl/N-ethyl adjacent to an activating group) is 1. The van der Waals surface area contributed by atoms with Gasteiger partial charge in [-0.25, -0.2) is 0 Å². The Hall–Kier alpha value is -1.80. The summed E-state index contributed by atoms with van der Waals surface area (Å²) in [6.45, 7) is 7.33. The van der Waals surface area contributed by atoms with Gasteiger partial charge in [-0.1, -0.05) is 11.6 Å². The fraction of sp³-hybridized carbons (Fsp3) is 0.500. The van der Waals surface area contributed by atoms with E-state index in [9.17, 15) is 4.79 Å². The molecule has 0 spiro atoms. The van der Waals surface area contributed by atoms with E-state index in [1.54, 1.807) is 25.6 Å². The van der Waals surface area contributed by atoms with Gasteiger partial charge in [-0.2, -0.15) is 0 Å². The van der Waals surface area contributed by atoms with Crippen molar-refractivity contribution in [2.24, 2.45) is 0 Å². The molecule has 1 aliphatic heterocycles. The van der Waals surface area contributed by atoms with Gasteiger partial charge in [0.15, 0.2) is 11.5 Å². The smallest absolute Gasteiger partial charge is 0.236 e. The molecule has 0 unspecified atom stereocenters. The number of rotatable bonds is 8. The van der Waals surface area contributed by atoms with Gasteiger partial charge in [-0.05, 0) is 49.4 Å². The minimum atomic E-state index is 0.183. The van der Waals surface area contributed by atoms with Crippen LogP contribution in [0.25, 0.3) is 0 Å². The lowest BCUT2D eigenvalue weighted by Gasteiger charge is -2.35. The third kappa shape index (κ3) is 5.88. The highest BCUT2D eigenvalue weighted by molar-refractivity contribution is 7.16. The standard InChI is InChI=1S/C22H30ClN3O3S/c1-16-11-19(28-3)20(29-4)12-17(16)13-25-7-9-26(10-8-25)22(27)15-24(2)14-18-5-6-21(23)30-18/h5-6,11-12H,7-10,13-15H2,1-4H3. The maximum absolute atomic E-state index is 12.7. The van der Waals surface area contributed by atoms with Gasteiger partial charge in [-0.15, -0.1) is 11.3 Å². The Labute approximate surface area is 187 Å². The van der Waals surface area contributed by atoms with Gasteiger partial charge in [-0.3, -0.25) is 14.6 Å². The summed E-state index contributed by atoms with van der Waals surface area (Å²) in [5.41, 5.74) is 2.41. The van der Waals surface area contributed by atoms with Crippen LogP contribution in [0.4, 0.5) is 0 Å². The van der Waals surface area contributed by atoms with Crippen molar-refractivity contribution in [1.29, 1.82) is 0 Å². The molecule has 1 aromatic heterocycles. The predicted molar refractivity (Wildman–Crippen MR) is 122 cm³/mol. The maximum atomic E-state index is 12.7. The van der Waals surface area contributed by atoms with Gasteiger partial charge in [0.05, 0.1) is 25.1 Å². The zero-order valence-electron chi connectivity index (χ0n) is 18.1. The number of hydrogen-bond acceptors (Lipinski definition) is 6. The number of methoxy groups -OCH3 is 2. The summed E-state index contributed by atoms with van der Waals surface area (Å²) in [6, 6.07) is 7.99. The molecule has 0 saturated carbocycles. The first kappa shape index (κ1) is 22.9. The average Bonchev–Trinajstić information content (AvgIpc) is 3.13. The number of ether oxygens (including phenoxy) is 2. The Morgan fingerprint density at radius 2 is 1.80 bits per heavy atom. The SMILES string of the molecule is COc1cc(C)c(CN2CCN(C(=O)CN(C)Cc3ccc(Cl)s3)CC2)cc1OC. The minimum Gasteiger partial charge on any atom is -0.493 e. The monoisotopic (exact) mass is 451 g/mol. The number of carbonyl (C=O) groups is 1. The molecular weight excluding hydrogens is 422 g/mol. The van der Waals surface area contributed by atoms with Crippen LogP contribution in [-0.4, -0.2) is 74.6 Å². The second kappa shape index (κ2) is 10.5. The lowest BCUT2D eigenvalue weighted by Crippen LogP contribution is -2.50. The summed E-state index contributed by atoms with van der Waals surface area (Å²) in [6.07, 6.45) is 0. The van der Waals surface area contributed by atoms with E-state index in [-0.39, 0.29) is 5.91 Å². The topological polar surface area (TPSA) is 45.2 Å². The molecule has 30 heavy (non-hydrogen) atoms. The van der Waals surface area contributed by atoms with Gasteiger partial charge in [0, 0.05) is 44.1 Å². The molecule has 1 aromatic carbocycles. The summed E-state index contributed by atoms with van der Waals surface area (Å²) in [4.78, 5) is 20.3. The predicted octanol–water partition coefficient (Wildman–Crippen LogP) is 3.50. The maximum Gasteiger partial charge on any atom is 0.236 e. The Balaban J connectivity index is 1.49. The summed E-state index contributed by atoms with van der Waals surface area (Å²) in [5, 5.41) is 0. The molecule has 164 valence electrons. The fourth-order valence-electron chi connectivity index (χ4n) is 3.68. The normalized spacial score (nSPS) is 14.9. The molecule has 3 rings (SSSR count). The van der Waals surface area contributed by atoms with Gasteiger partial charge < -0.3 is 14.4 Å². The van der Waals surface area contributed by atoms with E-state index >= 15 is 0 Å². The molecule has 2 aromatic rings. The zero-order chi connectivity index (χ0) is 21.7. The second-order valence-corrected chi connectivity index (χ2v) is 9.47. The van der Waals surface area contributed by atoms with Crippen LogP contribution >= 0.6 is 22.9 Å². The Morgan fingerprint density at radius 3 is 2.40 bits per heavy atom. The fourth-order valence-corrected chi connectivity index (χ4v) is 4.85. The Kier molecular flexibility index (Phi) is 7.99. The van der Waals surface area contributed by atoms with Crippen LogP contribution in [0.3, 0.4) is 0 Å². The van der Waals surface area contributed by atoms with E-state index in [0.717, 1.165) is 55.1 Å². The van der Waals surface area contributed by atoms with Gasteiger partial charge in [0.2, 0.25) is 5.91 Å². The van der Waals surface area contributed by atoms with Crippen LogP contribution in [0, 0.1) is 6.92 Å². The third-order valence-electron chi connectivity index (χ3n) is 5.42. The third-order valence-corrected chi connectivity index (χ3v) is 6.64. The van der Waals surface area contributed by atoms with Crippen molar-refractivity contribution in [1.82, 2.24) is 14.7 Å². The van der Waals surface area contributed by atoms with Crippen LogP contribution in [0.2, 0.25) is 4.34 Å². The van der Waals surface area contributed by atoms with Crippen LogP contribution in [0.1, 0.15) is 16.0 Å². The van der Waals surface area contributed by atoms with Crippen LogP contribution < -0.4 is 9.47 Å². The lowest BCUT2D eigenvalue weighted by molar-refractivity contribution is -0.134. The number of benzene rings is 1. The number of hydrogen-bond donors (Lipinski definition) is 0. The van der Waals surface area contributed by atoms with Gasteiger partial charge in [0.1, 0.15) is 0 Å². The molecule has 0 N–H and O–H groups in total. The van der Waals surface area contributed by atoms with Crippen molar-refractivity contribution < 1.29 is 14.3 Å². The van der Waals surface area contributed by atoms with Crippen molar-refractivity contribution in [2.45, 2.75) is 20.0 Å². The van der Waals surface area contributed by atoms with E-state index in [1.807, 2.05) is 35.0 Å². The first-order valence-corrected chi connectivity index (χ1v) is 11.2. The Morgan fingerprint density at radius 1 is 1.13 bits per heavy atom. The first-order valence-electron chi connectivity index (χ1n) is 10.0. The van der Waals surface area contributed by atoms with E-state index in [4.69, 9.17) is 21.1 Å². The molecule has 6 nitrogen and oxygen atoms in total. The van der Waals surface area contributed by atoms with Crippen molar-refractivity contribution in [3.05, 3.63) is 44.6 Å². The Bertz CT molecular complexity index is 865. The van der Waals surface area contributed by atoms with Crippen molar-refractivity contribution in [3.63, 3.8) is 0 Å². The van der Waals surface area contributed by atoms with Gasteiger partial charge >= 0.3 is 0 Å². The zero-order valence-corrected chi connectivity index (χ0v) is 19.7. The van der Waals surface area contributed by atoms with Crippen molar-refractivity contribution in [2.75, 3.05) is 54.0 Å².